The lowest BCUT2D eigenvalue weighted by Crippen LogP contribution is -2.25. The van der Waals surface area contributed by atoms with Crippen LogP contribution in [0.5, 0.6) is 5.75 Å². The van der Waals surface area contributed by atoms with E-state index in [1.54, 1.807) is 35.2 Å². The normalized spacial score (nSPS) is 11.3. The number of hydrogen-bond acceptors (Lipinski definition) is 3. The molecule has 0 saturated carbocycles. The van der Waals surface area contributed by atoms with Crippen LogP contribution in [-0.4, -0.2) is 29.1 Å². The van der Waals surface area contributed by atoms with Crippen LogP contribution in [0.1, 0.15) is 27.2 Å². The highest BCUT2D eigenvalue weighted by Gasteiger charge is 2.30. The number of ether oxygens (including phenoxy) is 1. The van der Waals surface area contributed by atoms with Crippen molar-refractivity contribution < 1.29 is 22.7 Å². The van der Waals surface area contributed by atoms with E-state index >= 15 is 0 Å². The van der Waals surface area contributed by atoms with Crippen molar-refractivity contribution in [3.8, 4) is 11.4 Å². The molecular weight excluding hydrogens is 383 g/mol. The minimum atomic E-state index is -4.38. The summed E-state index contributed by atoms with van der Waals surface area (Å²) in [6.45, 7) is 2.08. The fourth-order valence-electron chi connectivity index (χ4n) is 2.91. The number of nitrogens with one attached hydrogen (secondary N) is 1. The second-order valence-corrected chi connectivity index (χ2v) is 6.51. The van der Waals surface area contributed by atoms with E-state index in [4.69, 9.17) is 4.74 Å². The zero-order valence-electron chi connectivity index (χ0n) is 16.0. The van der Waals surface area contributed by atoms with E-state index in [-0.39, 0.29) is 12.5 Å². The summed E-state index contributed by atoms with van der Waals surface area (Å²) >= 11 is 0. The van der Waals surface area contributed by atoms with E-state index in [1.807, 2.05) is 13.1 Å². The molecular formula is C21H20F3N3O2. The van der Waals surface area contributed by atoms with Crippen molar-refractivity contribution in [3.05, 3.63) is 77.4 Å². The van der Waals surface area contributed by atoms with Gasteiger partial charge in [-0.2, -0.15) is 13.2 Å². The van der Waals surface area contributed by atoms with Crippen molar-refractivity contribution >= 4 is 5.91 Å². The summed E-state index contributed by atoms with van der Waals surface area (Å²) in [5, 5.41) is 2.73. The van der Waals surface area contributed by atoms with Crippen LogP contribution in [0.4, 0.5) is 13.2 Å². The number of carbonyl (C=O) groups is 1. The molecule has 0 unspecified atom stereocenters. The third-order valence-electron chi connectivity index (χ3n) is 4.39. The van der Waals surface area contributed by atoms with E-state index in [0.717, 1.165) is 23.5 Å². The number of nitrogens with zero attached hydrogens (tertiary/aromatic N) is 2. The quantitative estimate of drug-likeness (QED) is 0.672. The van der Waals surface area contributed by atoms with Gasteiger partial charge in [-0.25, -0.2) is 4.98 Å². The van der Waals surface area contributed by atoms with E-state index in [9.17, 15) is 18.0 Å². The SMILES string of the molecule is COc1cc(C(=O)NCCc2cccc(C(F)(F)F)c2)ccc1-n1cnc(C)c1. The second-order valence-electron chi connectivity index (χ2n) is 6.51. The average Bonchev–Trinajstić information content (AvgIpc) is 3.13. The van der Waals surface area contributed by atoms with E-state index in [2.05, 4.69) is 10.3 Å². The number of imidazole rings is 1. The number of amides is 1. The Morgan fingerprint density at radius 2 is 2.00 bits per heavy atom. The maximum Gasteiger partial charge on any atom is 0.416 e. The molecule has 152 valence electrons. The molecule has 1 amide bonds. The molecule has 0 bridgehead atoms. The third-order valence-corrected chi connectivity index (χ3v) is 4.39. The Balaban J connectivity index is 1.65. The predicted octanol–water partition coefficient (Wildman–Crippen LogP) is 4.18. The molecule has 3 aromatic rings. The molecule has 0 spiro atoms. The van der Waals surface area contributed by atoms with Crippen LogP contribution in [0.15, 0.2) is 55.0 Å². The number of rotatable bonds is 6. The Kier molecular flexibility index (Phi) is 5.91. The number of aromatic nitrogens is 2. The zero-order chi connectivity index (χ0) is 21.0. The molecule has 0 fully saturated rings. The average molecular weight is 403 g/mol. The third kappa shape index (κ3) is 4.96. The van der Waals surface area contributed by atoms with Crippen molar-refractivity contribution in [2.45, 2.75) is 19.5 Å². The molecule has 1 aromatic heterocycles. The number of halogens is 3. The molecule has 0 saturated heterocycles. The first kappa shape index (κ1) is 20.4. The van der Waals surface area contributed by atoms with Gasteiger partial charge in [-0.05, 0) is 43.2 Å². The molecule has 0 radical (unpaired) electrons. The molecule has 3 rings (SSSR count). The molecule has 1 N–H and O–H groups in total. The summed E-state index contributed by atoms with van der Waals surface area (Å²) < 4.78 is 45.5. The largest absolute Gasteiger partial charge is 0.495 e. The molecule has 1 heterocycles. The Labute approximate surface area is 166 Å². The summed E-state index contributed by atoms with van der Waals surface area (Å²) in [5.41, 5.74) is 1.79. The highest BCUT2D eigenvalue weighted by molar-refractivity contribution is 5.95. The van der Waals surface area contributed by atoms with E-state index in [1.165, 1.54) is 13.2 Å². The zero-order valence-corrected chi connectivity index (χ0v) is 16.0. The Hall–Kier alpha value is -3.29. The molecule has 0 aliphatic carbocycles. The van der Waals surface area contributed by atoms with Crippen LogP contribution in [0.2, 0.25) is 0 Å². The number of methoxy groups -OCH3 is 1. The number of aryl methyl sites for hydroxylation is 1. The molecule has 2 aromatic carbocycles. The van der Waals surface area contributed by atoms with Gasteiger partial charge in [0, 0.05) is 18.3 Å². The lowest BCUT2D eigenvalue weighted by Gasteiger charge is -2.12. The minimum absolute atomic E-state index is 0.213. The number of hydrogen-bond donors (Lipinski definition) is 1. The van der Waals surface area contributed by atoms with Gasteiger partial charge in [-0.3, -0.25) is 4.79 Å². The van der Waals surface area contributed by atoms with Gasteiger partial charge in [-0.1, -0.05) is 18.2 Å². The van der Waals surface area contributed by atoms with Gasteiger partial charge in [0.05, 0.1) is 30.4 Å². The maximum absolute atomic E-state index is 12.8. The molecule has 0 aliphatic rings. The molecule has 0 aliphatic heterocycles. The first-order valence-corrected chi connectivity index (χ1v) is 8.91. The van der Waals surface area contributed by atoms with Crippen LogP contribution >= 0.6 is 0 Å². The lowest BCUT2D eigenvalue weighted by molar-refractivity contribution is -0.137. The van der Waals surface area contributed by atoms with Gasteiger partial charge in [0.1, 0.15) is 5.75 Å². The molecule has 8 heteroatoms. The fraction of sp³-hybridized carbons (Fsp3) is 0.238. The van der Waals surface area contributed by atoms with Crippen molar-refractivity contribution in [3.63, 3.8) is 0 Å². The summed E-state index contributed by atoms with van der Waals surface area (Å²) in [5.74, 6) is 0.177. The van der Waals surface area contributed by atoms with Crippen molar-refractivity contribution in [1.82, 2.24) is 14.9 Å². The van der Waals surface area contributed by atoms with Crippen LogP contribution < -0.4 is 10.1 Å². The first-order chi connectivity index (χ1) is 13.8. The Morgan fingerprint density at radius 1 is 1.21 bits per heavy atom. The Morgan fingerprint density at radius 3 is 2.66 bits per heavy atom. The second kappa shape index (κ2) is 8.38. The summed E-state index contributed by atoms with van der Waals surface area (Å²) in [7, 11) is 1.51. The predicted molar refractivity (Wildman–Crippen MR) is 102 cm³/mol. The standard InChI is InChI=1S/C21H20F3N3O2/c1-14-12-27(13-26-14)18-7-6-16(11-19(18)29-2)20(28)25-9-8-15-4-3-5-17(10-15)21(22,23)24/h3-7,10-13H,8-9H2,1-2H3,(H,25,28). The van der Waals surface area contributed by atoms with E-state index < -0.39 is 11.7 Å². The Bertz CT molecular complexity index is 1010. The van der Waals surface area contributed by atoms with Crippen LogP contribution in [0.3, 0.4) is 0 Å². The maximum atomic E-state index is 12.8. The van der Waals surface area contributed by atoms with E-state index in [0.29, 0.717) is 23.3 Å². The summed E-state index contributed by atoms with van der Waals surface area (Å²) in [6, 6.07) is 10.1. The van der Waals surface area contributed by atoms with Crippen molar-refractivity contribution in [2.24, 2.45) is 0 Å². The topological polar surface area (TPSA) is 56.1 Å². The first-order valence-electron chi connectivity index (χ1n) is 8.91. The van der Waals surface area contributed by atoms with Crippen molar-refractivity contribution in [1.29, 1.82) is 0 Å². The van der Waals surface area contributed by atoms with Crippen LogP contribution in [0.25, 0.3) is 5.69 Å². The highest BCUT2D eigenvalue weighted by Crippen LogP contribution is 2.29. The number of benzene rings is 2. The van der Waals surface area contributed by atoms with Gasteiger partial charge >= 0.3 is 6.18 Å². The van der Waals surface area contributed by atoms with Gasteiger partial charge in [0.25, 0.3) is 5.91 Å². The van der Waals surface area contributed by atoms with Gasteiger partial charge in [0.15, 0.2) is 0 Å². The number of alkyl halides is 3. The van der Waals surface area contributed by atoms with Crippen LogP contribution in [-0.2, 0) is 12.6 Å². The molecule has 29 heavy (non-hydrogen) atoms. The van der Waals surface area contributed by atoms with Crippen molar-refractivity contribution in [2.75, 3.05) is 13.7 Å². The number of carbonyl (C=O) groups excluding carboxylic acids is 1. The van der Waals surface area contributed by atoms with Crippen LogP contribution in [0, 0.1) is 6.92 Å². The van der Waals surface area contributed by atoms with Gasteiger partial charge in [0.2, 0.25) is 0 Å². The van der Waals surface area contributed by atoms with Gasteiger partial charge < -0.3 is 14.6 Å². The molecule has 0 atom stereocenters. The summed E-state index contributed by atoms with van der Waals surface area (Å²) in [4.78, 5) is 16.6. The summed E-state index contributed by atoms with van der Waals surface area (Å²) in [6.07, 6.45) is -0.598. The fourth-order valence-corrected chi connectivity index (χ4v) is 2.91. The smallest absolute Gasteiger partial charge is 0.416 e. The monoisotopic (exact) mass is 403 g/mol. The van der Waals surface area contributed by atoms with Gasteiger partial charge in [-0.15, -0.1) is 0 Å². The molecule has 5 nitrogen and oxygen atoms in total. The highest BCUT2D eigenvalue weighted by atomic mass is 19.4. The lowest BCUT2D eigenvalue weighted by atomic mass is 10.1. The minimum Gasteiger partial charge on any atom is -0.495 e.